The van der Waals surface area contributed by atoms with E-state index in [1.807, 2.05) is 6.07 Å². The molecule has 1 rings (SSSR count). The molecule has 0 aliphatic heterocycles. The van der Waals surface area contributed by atoms with Crippen molar-refractivity contribution in [2.24, 2.45) is 0 Å². The van der Waals surface area contributed by atoms with Crippen LogP contribution in [0.1, 0.15) is 45.3 Å². The second-order valence-corrected chi connectivity index (χ2v) is 5.75. The van der Waals surface area contributed by atoms with Gasteiger partial charge in [-0.2, -0.15) is 0 Å². The molecular formula is C15H24BrNO. The SMILES string of the molecule is CCCCOC(CNC(C)C)c1cccc(Br)c1. The first-order chi connectivity index (χ1) is 8.63. The van der Waals surface area contributed by atoms with Crippen LogP contribution in [0.5, 0.6) is 0 Å². The van der Waals surface area contributed by atoms with Gasteiger partial charge in [0, 0.05) is 23.7 Å². The molecule has 1 aromatic carbocycles. The van der Waals surface area contributed by atoms with Gasteiger partial charge in [-0.15, -0.1) is 0 Å². The Hall–Kier alpha value is -0.380. The fourth-order valence-corrected chi connectivity index (χ4v) is 2.11. The van der Waals surface area contributed by atoms with E-state index in [2.05, 4.69) is 60.2 Å². The summed E-state index contributed by atoms with van der Waals surface area (Å²) in [5.74, 6) is 0. The molecule has 0 saturated heterocycles. The second kappa shape index (κ2) is 8.68. The van der Waals surface area contributed by atoms with Crippen LogP contribution in [0.15, 0.2) is 28.7 Å². The standard InChI is InChI=1S/C15H24BrNO/c1-4-5-9-18-15(11-17-12(2)3)13-7-6-8-14(16)10-13/h6-8,10,12,15,17H,4-5,9,11H2,1-3H3. The zero-order valence-electron chi connectivity index (χ0n) is 11.6. The highest BCUT2D eigenvalue weighted by atomic mass is 79.9. The van der Waals surface area contributed by atoms with E-state index < -0.39 is 0 Å². The molecule has 3 heteroatoms. The Labute approximate surface area is 119 Å². The average molecular weight is 314 g/mol. The number of benzene rings is 1. The number of halogens is 1. The molecule has 1 unspecified atom stereocenters. The van der Waals surface area contributed by atoms with Gasteiger partial charge in [0.1, 0.15) is 0 Å². The zero-order valence-corrected chi connectivity index (χ0v) is 13.2. The summed E-state index contributed by atoms with van der Waals surface area (Å²) in [6.45, 7) is 8.18. The lowest BCUT2D eigenvalue weighted by Gasteiger charge is -2.20. The lowest BCUT2D eigenvalue weighted by molar-refractivity contribution is 0.0493. The third kappa shape index (κ3) is 5.98. The summed E-state index contributed by atoms with van der Waals surface area (Å²) in [6.07, 6.45) is 2.42. The Morgan fingerprint density at radius 2 is 2.11 bits per heavy atom. The van der Waals surface area contributed by atoms with Gasteiger partial charge in [0.05, 0.1) is 6.10 Å². The van der Waals surface area contributed by atoms with E-state index in [4.69, 9.17) is 4.74 Å². The molecule has 0 bridgehead atoms. The number of nitrogens with one attached hydrogen (secondary N) is 1. The van der Waals surface area contributed by atoms with Crippen molar-refractivity contribution in [3.8, 4) is 0 Å². The molecule has 0 spiro atoms. The Balaban J connectivity index is 2.63. The summed E-state index contributed by atoms with van der Waals surface area (Å²) in [4.78, 5) is 0. The molecule has 0 aromatic heterocycles. The fourth-order valence-electron chi connectivity index (χ4n) is 1.69. The third-order valence-electron chi connectivity index (χ3n) is 2.75. The Morgan fingerprint density at radius 1 is 1.33 bits per heavy atom. The van der Waals surface area contributed by atoms with E-state index in [0.717, 1.165) is 24.0 Å². The molecule has 1 aromatic rings. The molecule has 0 saturated carbocycles. The summed E-state index contributed by atoms with van der Waals surface area (Å²) in [7, 11) is 0. The van der Waals surface area contributed by atoms with E-state index in [-0.39, 0.29) is 6.10 Å². The first-order valence-electron chi connectivity index (χ1n) is 6.74. The van der Waals surface area contributed by atoms with Gasteiger partial charge >= 0.3 is 0 Å². The van der Waals surface area contributed by atoms with Gasteiger partial charge in [-0.05, 0) is 24.1 Å². The molecule has 102 valence electrons. The highest BCUT2D eigenvalue weighted by Crippen LogP contribution is 2.21. The molecule has 0 aliphatic rings. The Kier molecular flexibility index (Phi) is 7.56. The van der Waals surface area contributed by atoms with Crippen LogP contribution < -0.4 is 5.32 Å². The number of hydrogen-bond donors (Lipinski definition) is 1. The molecule has 0 amide bonds. The highest BCUT2D eigenvalue weighted by Gasteiger charge is 2.12. The lowest BCUT2D eigenvalue weighted by Crippen LogP contribution is -2.29. The lowest BCUT2D eigenvalue weighted by atomic mass is 10.1. The van der Waals surface area contributed by atoms with Crippen LogP contribution in [0.3, 0.4) is 0 Å². The minimum absolute atomic E-state index is 0.136. The molecule has 1 atom stereocenters. The van der Waals surface area contributed by atoms with E-state index in [9.17, 15) is 0 Å². The summed E-state index contributed by atoms with van der Waals surface area (Å²) < 4.78 is 7.10. The van der Waals surface area contributed by atoms with Crippen LogP contribution in [0.4, 0.5) is 0 Å². The zero-order chi connectivity index (χ0) is 13.4. The number of ether oxygens (including phenoxy) is 1. The van der Waals surface area contributed by atoms with Gasteiger partial charge < -0.3 is 10.1 Å². The smallest absolute Gasteiger partial charge is 0.0949 e. The molecule has 1 N–H and O–H groups in total. The minimum atomic E-state index is 0.136. The van der Waals surface area contributed by atoms with E-state index in [1.165, 1.54) is 12.0 Å². The maximum Gasteiger partial charge on any atom is 0.0949 e. The van der Waals surface area contributed by atoms with E-state index in [0.29, 0.717) is 6.04 Å². The number of unbranched alkanes of at least 4 members (excludes halogenated alkanes) is 1. The van der Waals surface area contributed by atoms with E-state index in [1.54, 1.807) is 0 Å². The minimum Gasteiger partial charge on any atom is -0.372 e. The number of hydrogen-bond acceptors (Lipinski definition) is 2. The van der Waals surface area contributed by atoms with Crippen molar-refractivity contribution >= 4 is 15.9 Å². The molecular weight excluding hydrogens is 290 g/mol. The third-order valence-corrected chi connectivity index (χ3v) is 3.24. The van der Waals surface area contributed by atoms with Gasteiger partial charge in [-0.1, -0.05) is 55.3 Å². The summed E-state index contributed by atoms with van der Waals surface area (Å²) >= 11 is 3.52. The van der Waals surface area contributed by atoms with Gasteiger partial charge in [0.2, 0.25) is 0 Å². The average Bonchev–Trinajstić information content (AvgIpc) is 2.33. The summed E-state index contributed by atoms with van der Waals surface area (Å²) in [5, 5.41) is 3.45. The van der Waals surface area contributed by atoms with Crippen molar-refractivity contribution in [3.05, 3.63) is 34.3 Å². The summed E-state index contributed by atoms with van der Waals surface area (Å²) in [5.41, 5.74) is 1.23. The summed E-state index contributed by atoms with van der Waals surface area (Å²) in [6, 6.07) is 8.85. The molecule has 0 aliphatic carbocycles. The van der Waals surface area contributed by atoms with Gasteiger partial charge in [0.25, 0.3) is 0 Å². The van der Waals surface area contributed by atoms with Crippen molar-refractivity contribution in [2.45, 2.75) is 45.8 Å². The first kappa shape index (κ1) is 15.7. The molecule has 2 nitrogen and oxygen atoms in total. The monoisotopic (exact) mass is 313 g/mol. The van der Waals surface area contributed by atoms with Crippen LogP contribution >= 0.6 is 15.9 Å². The Morgan fingerprint density at radius 3 is 2.72 bits per heavy atom. The molecule has 0 heterocycles. The quantitative estimate of drug-likeness (QED) is 0.722. The van der Waals surface area contributed by atoms with Crippen LogP contribution in [0, 0.1) is 0 Å². The number of rotatable bonds is 8. The molecule has 0 fully saturated rings. The largest absolute Gasteiger partial charge is 0.372 e. The normalized spacial score (nSPS) is 12.9. The molecule has 0 radical (unpaired) electrons. The Bertz CT molecular complexity index is 341. The highest BCUT2D eigenvalue weighted by molar-refractivity contribution is 9.10. The van der Waals surface area contributed by atoms with Gasteiger partial charge in [0.15, 0.2) is 0 Å². The van der Waals surface area contributed by atoms with Crippen molar-refractivity contribution < 1.29 is 4.74 Å². The van der Waals surface area contributed by atoms with Crippen molar-refractivity contribution in [3.63, 3.8) is 0 Å². The predicted octanol–water partition coefficient (Wildman–Crippen LogP) is 4.30. The maximum absolute atomic E-state index is 5.99. The topological polar surface area (TPSA) is 21.3 Å². The fraction of sp³-hybridized carbons (Fsp3) is 0.600. The molecule has 18 heavy (non-hydrogen) atoms. The van der Waals surface area contributed by atoms with Crippen LogP contribution in [-0.2, 0) is 4.74 Å². The van der Waals surface area contributed by atoms with E-state index >= 15 is 0 Å². The second-order valence-electron chi connectivity index (χ2n) is 4.83. The van der Waals surface area contributed by atoms with Crippen molar-refractivity contribution in [2.75, 3.05) is 13.2 Å². The first-order valence-corrected chi connectivity index (χ1v) is 7.53. The van der Waals surface area contributed by atoms with Gasteiger partial charge in [-0.3, -0.25) is 0 Å². The van der Waals surface area contributed by atoms with Crippen LogP contribution in [-0.4, -0.2) is 19.2 Å². The van der Waals surface area contributed by atoms with Crippen molar-refractivity contribution in [1.82, 2.24) is 5.32 Å². The maximum atomic E-state index is 5.99. The van der Waals surface area contributed by atoms with Crippen molar-refractivity contribution in [1.29, 1.82) is 0 Å². The van der Waals surface area contributed by atoms with Crippen LogP contribution in [0.2, 0.25) is 0 Å². The predicted molar refractivity (Wildman–Crippen MR) is 80.9 cm³/mol. The van der Waals surface area contributed by atoms with Crippen LogP contribution in [0.25, 0.3) is 0 Å². The van der Waals surface area contributed by atoms with Gasteiger partial charge in [-0.25, -0.2) is 0 Å².